The van der Waals surface area contributed by atoms with Crippen molar-refractivity contribution in [3.63, 3.8) is 0 Å². The number of ether oxygens (including phenoxy) is 1. The fraction of sp³-hybridized carbons (Fsp3) is 0.500. The van der Waals surface area contributed by atoms with Crippen molar-refractivity contribution in [1.82, 2.24) is 10.2 Å². The largest absolute Gasteiger partial charge is 0.497 e. The summed E-state index contributed by atoms with van der Waals surface area (Å²) in [6.07, 6.45) is 2.16. The van der Waals surface area contributed by atoms with Crippen molar-refractivity contribution < 1.29 is 14.3 Å². The molecule has 1 aliphatic heterocycles. The third-order valence-corrected chi connectivity index (χ3v) is 3.82. The molecular formula is C16H22N2O3. The minimum Gasteiger partial charge on any atom is -0.497 e. The fourth-order valence-corrected chi connectivity index (χ4v) is 2.53. The third-order valence-electron chi connectivity index (χ3n) is 3.82. The van der Waals surface area contributed by atoms with E-state index in [1.165, 1.54) is 0 Å². The maximum absolute atomic E-state index is 12.2. The van der Waals surface area contributed by atoms with Crippen molar-refractivity contribution in [3.8, 4) is 5.75 Å². The predicted octanol–water partition coefficient (Wildman–Crippen LogP) is 1.83. The molecule has 2 rings (SSSR count). The normalized spacial score (nSPS) is 15.6. The van der Waals surface area contributed by atoms with Crippen LogP contribution in [0.1, 0.15) is 36.5 Å². The SMILES string of the molecule is CCC(=O)N1CCC(NC(=O)c2cccc(OC)c2)CC1. The number of methoxy groups -OCH3 is 1. The molecule has 0 aliphatic carbocycles. The van der Waals surface area contributed by atoms with Crippen LogP contribution in [0.5, 0.6) is 5.75 Å². The molecule has 1 aromatic carbocycles. The summed E-state index contributed by atoms with van der Waals surface area (Å²) >= 11 is 0. The summed E-state index contributed by atoms with van der Waals surface area (Å²) in [6.45, 7) is 3.31. The molecule has 0 bridgehead atoms. The first kappa shape index (κ1) is 15.4. The number of hydrogen-bond acceptors (Lipinski definition) is 3. The smallest absolute Gasteiger partial charge is 0.251 e. The quantitative estimate of drug-likeness (QED) is 0.920. The summed E-state index contributed by atoms with van der Waals surface area (Å²) in [4.78, 5) is 25.7. The van der Waals surface area contributed by atoms with Crippen molar-refractivity contribution in [2.24, 2.45) is 0 Å². The Morgan fingerprint density at radius 1 is 1.33 bits per heavy atom. The Morgan fingerprint density at radius 3 is 2.67 bits per heavy atom. The van der Waals surface area contributed by atoms with Crippen LogP contribution in [0.3, 0.4) is 0 Å². The Morgan fingerprint density at radius 2 is 2.05 bits per heavy atom. The van der Waals surface area contributed by atoms with Crippen LogP contribution in [0.2, 0.25) is 0 Å². The van der Waals surface area contributed by atoms with Gasteiger partial charge in [0.2, 0.25) is 5.91 Å². The zero-order valence-corrected chi connectivity index (χ0v) is 12.6. The molecule has 5 nitrogen and oxygen atoms in total. The number of carbonyl (C=O) groups excluding carboxylic acids is 2. The number of rotatable bonds is 4. The van der Waals surface area contributed by atoms with E-state index >= 15 is 0 Å². The van der Waals surface area contributed by atoms with Gasteiger partial charge in [-0.05, 0) is 31.0 Å². The first-order valence-electron chi connectivity index (χ1n) is 7.36. The Kier molecular flexibility index (Phi) is 5.20. The highest BCUT2D eigenvalue weighted by Gasteiger charge is 2.23. The second kappa shape index (κ2) is 7.11. The molecule has 0 saturated carbocycles. The van der Waals surface area contributed by atoms with Gasteiger partial charge in [-0.3, -0.25) is 9.59 Å². The lowest BCUT2D eigenvalue weighted by Crippen LogP contribution is -2.46. The molecule has 0 spiro atoms. The first-order valence-corrected chi connectivity index (χ1v) is 7.36. The summed E-state index contributed by atoms with van der Waals surface area (Å²) < 4.78 is 5.12. The van der Waals surface area contributed by atoms with E-state index < -0.39 is 0 Å². The Hall–Kier alpha value is -2.04. The Bertz CT molecular complexity index is 508. The van der Waals surface area contributed by atoms with E-state index in [1.54, 1.807) is 25.3 Å². The van der Waals surface area contributed by atoms with Crippen molar-refractivity contribution in [3.05, 3.63) is 29.8 Å². The molecule has 1 N–H and O–H groups in total. The first-order chi connectivity index (χ1) is 10.1. The number of nitrogens with one attached hydrogen (secondary N) is 1. The molecule has 21 heavy (non-hydrogen) atoms. The van der Waals surface area contributed by atoms with Crippen LogP contribution in [-0.2, 0) is 4.79 Å². The minimum atomic E-state index is -0.0887. The van der Waals surface area contributed by atoms with E-state index in [9.17, 15) is 9.59 Å². The van der Waals surface area contributed by atoms with Crippen molar-refractivity contribution >= 4 is 11.8 Å². The van der Waals surface area contributed by atoms with Crippen LogP contribution < -0.4 is 10.1 Å². The van der Waals surface area contributed by atoms with E-state index in [-0.39, 0.29) is 17.9 Å². The minimum absolute atomic E-state index is 0.0887. The zero-order chi connectivity index (χ0) is 15.2. The van der Waals surface area contributed by atoms with Gasteiger partial charge in [0, 0.05) is 31.1 Å². The van der Waals surface area contributed by atoms with E-state index in [4.69, 9.17) is 4.74 Å². The second-order valence-electron chi connectivity index (χ2n) is 5.21. The van der Waals surface area contributed by atoms with Crippen molar-refractivity contribution in [2.75, 3.05) is 20.2 Å². The summed E-state index contributed by atoms with van der Waals surface area (Å²) in [5.41, 5.74) is 0.599. The third kappa shape index (κ3) is 3.97. The molecule has 5 heteroatoms. The molecule has 0 atom stereocenters. The lowest BCUT2D eigenvalue weighted by molar-refractivity contribution is -0.131. The Labute approximate surface area is 125 Å². The van der Waals surface area contributed by atoms with Gasteiger partial charge in [0.15, 0.2) is 0 Å². The summed E-state index contributed by atoms with van der Waals surface area (Å²) in [7, 11) is 1.58. The fourth-order valence-electron chi connectivity index (χ4n) is 2.53. The molecule has 1 heterocycles. The van der Waals surface area contributed by atoms with Gasteiger partial charge in [0.1, 0.15) is 5.75 Å². The number of hydrogen-bond donors (Lipinski definition) is 1. The predicted molar refractivity (Wildman–Crippen MR) is 80.4 cm³/mol. The van der Waals surface area contributed by atoms with Crippen molar-refractivity contribution in [1.29, 1.82) is 0 Å². The summed E-state index contributed by atoms with van der Waals surface area (Å²) in [6, 6.07) is 7.24. The molecule has 1 aromatic rings. The van der Waals surface area contributed by atoms with E-state index in [0.717, 1.165) is 25.9 Å². The van der Waals surface area contributed by atoms with Gasteiger partial charge >= 0.3 is 0 Å². The second-order valence-corrected chi connectivity index (χ2v) is 5.21. The molecule has 114 valence electrons. The zero-order valence-electron chi connectivity index (χ0n) is 12.6. The maximum Gasteiger partial charge on any atom is 0.251 e. The monoisotopic (exact) mass is 290 g/mol. The molecule has 0 aromatic heterocycles. The Balaban J connectivity index is 1.88. The molecule has 2 amide bonds. The van der Waals surface area contributed by atoms with Gasteiger partial charge in [0.25, 0.3) is 5.91 Å². The van der Waals surface area contributed by atoms with Crippen LogP contribution in [-0.4, -0.2) is 43.0 Å². The summed E-state index contributed by atoms with van der Waals surface area (Å²) in [5.74, 6) is 0.771. The number of piperidine rings is 1. The molecule has 1 aliphatic rings. The molecule has 0 unspecified atom stereocenters. The van der Waals surface area contributed by atoms with E-state index in [2.05, 4.69) is 5.32 Å². The molecule has 1 saturated heterocycles. The molecule has 1 fully saturated rings. The standard InChI is InChI=1S/C16H22N2O3/c1-3-15(19)18-9-7-13(8-10-18)17-16(20)12-5-4-6-14(11-12)21-2/h4-6,11,13H,3,7-10H2,1-2H3,(H,17,20). The lowest BCUT2D eigenvalue weighted by atomic mass is 10.0. The van der Waals surface area contributed by atoms with E-state index in [1.807, 2.05) is 17.9 Å². The average Bonchev–Trinajstić information content (AvgIpc) is 2.54. The number of benzene rings is 1. The average molecular weight is 290 g/mol. The molecular weight excluding hydrogens is 268 g/mol. The van der Waals surface area contributed by atoms with Crippen LogP contribution in [0.15, 0.2) is 24.3 Å². The van der Waals surface area contributed by atoms with Crippen LogP contribution in [0.25, 0.3) is 0 Å². The topological polar surface area (TPSA) is 58.6 Å². The highest BCUT2D eigenvalue weighted by Crippen LogP contribution is 2.15. The van der Waals surface area contributed by atoms with Crippen LogP contribution in [0.4, 0.5) is 0 Å². The van der Waals surface area contributed by atoms with Gasteiger partial charge in [-0.25, -0.2) is 0 Å². The van der Waals surface area contributed by atoms with Gasteiger partial charge < -0.3 is 15.0 Å². The van der Waals surface area contributed by atoms with E-state index in [0.29, 0.717) is 17.7 Å². The lowest BCUT2D eigenvalue weighted by Gasteiger charge is -2.32. The number of amides is 2. The molecule has 0 radical (unpaired) electrons. The van der Waals surface area contributed by atoms with Crippen molar-refractivity contribution in [2.45, 2.75) is 32.2 Å². The number of nitrogens with zero attached hydrogens (tertiary/aromatic N) is 1. The van der Waals surface area contributed by atoms with Crippen LogP contribution in [0, 0.1) is 0 Å². The highest BCUT2D eigenvalue weighted by molar-refractivity contribution is 5.94. The maximum atomic E-state index is 12.2. The summed E-state index contributed by atoms with van der Waals surface area (Å²) in [5, 5.41) is 3.03. The van der Waals surface area contributed by atoms with Gasteiger partial charge in [-0.2, -0.15) is 0 Å². The van der Waals surface area contributed by atoms with Gasteiger partial charge in [0.05, 0.1) is 7.11 Å². The number of likely N-dealkylation sites (tertiary alicyclic amines) is 1. The number of carbonyl (C=O) groups is 2. The van der Waals surface area contributed by atoms with Gasteiger partial charge in [-0.1, -0.05) is 13.0 Å². The van der Waals surface area contributed by atoms with Gasteiger partial charge in [-0.15, -0.1) is 0 Å². The highest BCUT2D eigenvalue weighted by atomic mass is 16.5. The van der Waals surface area contributed by atoms with Crippen LogP contribution >= 0.6 is 0 Å².